The standard InChI is InChI=1S/C16H26BrN3/c1-4-16(5-2)12-20(13(3)6-7-19-16)11-14-8-15(17)10-18-9-14/h8-10,13,19H,4-7,11-12H2,1-3H3. The molecule has 0 amide bonds. The minimum Gasteiger partial charge on any atom is -0.310 e. The molecule has 112 valence electrons. The molecular weight excluding hydrogens is 314 g/mol. The summed E-state index contributed by atoms with van der Waals surface area (Å²) in [5.41, 5.74) is 1.55. The van der Waals surface area contributed by atoms with Gasteiger partial charge < -0.3 is 5.32 Å². The lowest BCUT2D eigenvalue weighted by Crippen LogP contribution is -2.51. The Labute approximate surface area is 131 Å². The average Bonchev–Trinajstić information content (AvgIpc) is 2.59. The number of nitrogens with zero attached hydrogens (tertiary/aromatic N) is 2. The van der Waals surface area contributed by atoms with E-state index in [1.54, 1.807) is 0 Å². The maximum absolute atomic E-state index is 4.29. The molecule has 0 saturated carbocycles. The summed E-state index contributed by atoms with van der Waals surface area (Å²) in [6, 6.07) is 2.79. The fourth-order valence-electron chi connectivity index (χ4n) is 3.04. The smallest absolute Gasteiger partial charge is 0.0410 e. The van der Waals surface area contributed by atoms with Gasteiger partial charge >= 0.3 is 0 Å². The second kappa shape index (κ2) is 7.01. The molecule has 1 aliphatic heterocycles. The van der Waals surface area contributed by atoms with Crippen LogP contribution in [0.4, 0.5) is 0 Å². The zero-order valence-electron chi connectivity index (χ0n) is 12.8. The van der Waals surface area contributed by atoms with Crippen LogP contribution in [0.1, 0.15) is 45.6 Å². The predicted octanol–water partition coefficient (Wildman–Crippen LogP) is 3.59. The van der Waals surface area contributed by atoms with Gasteiger partial charge in [-0.2, -0.15) is 0 Å². The third-order valence-electron chi connectivity index (χ3n) is 4.69. The Hall–Kier alpha value is -0.450. The van der Waals surface area contributed by atoms with E-state index in [0.717, 1.165) is 24.1 Å². The molecule has 1 aromatic heterocycles. The Morgan fingerprint density at radius 2 is 2.15 bits per heavy atom. The first-order chi connectivity index (χ1) is 9.58. The highest BCUT2D eigenvalue weighted by Crippen LogP contribution is 2.24. The van der Waals surface area contributed by atoms with Crippen molar-refractivity contribution < 1.29 is 0 Å². The van der Waals surface area contributed by atoms with Gasteiger partial charge in [0.2, 0.25) is 0 Å². The third-order valence-corrected chi connectivity index (χ3v) is 5.13. The average molecular weight is 340 g/mol. The molecule has 1 saturated heterocycles. The summed E-state index contributed by atoms with van der Waals surface area (Å²) < 4.78 is 1.06. The van der Waals surface area contributed by atoms with Gasteiger partial charge in [0.25, 0.3) is 0 Å². The van der Waals surface area contributed by atoms with E-state index in [1.165, 1.54) is 24.8 Å². The van der Waals surface area contributed by atoms with Crippen LogP contribution in [0.5, 0.6) is 0 Å². The van der Waals surface area contributed by atoms with Crippen molar-refractivity contribution >= 4 is 15.9 Å². The first-order valence-corrected chi connectivity index (χ1v) is 8.46. The molecule has 1 unspecified atom stereocenters. The van der Waals surface area contributed by atoms with Crippen LogP contribution in [0.15, 0.2) is 22.9 Å². The number of nitrogens with one attached hydrogen (secondary N) is 1. The number of halogens is 1. The Kier molecular flexibility index (Phi) is 5.58. The summed E-state index contributed by atoms with van der Waals surface area (Å²) in [6.07, 6.45) is 7.41. The fourth-order valence-corrected chi connectivity index (χ4v) is 3.45. The highest BCUT2D eigenvalue weighted by atomic mass is 79.9. The molecule has 20 heavy (non-hydrogen) atoms. The normalized spacial score (nSPS) is 23.5. The Bertz CT molecular complexity index is 431. The number of hydrogen-bond donors (Lipinski definition) is 1. The highest BCUT2D eigenvalue weighted by Gasteiger charge is 2.32. The SMILES string of the molecule is CCC1(CC)CN(Cc2cncc(Br)c2)C(C)CCN1. The lowest BCUT2D eigenvalue weighted by Gasteiger charge is -2.37. The monoisotopic (exact) mass is 339 g/mol. The molecule has 0 aromatic carbocycles. The molecule has 0 aliphatic carbocycles. The van der Waals surface area contributed by atoms with Gasteiger partial charge in [-0.05, 0) is 60.3 Å². The lowest BCUT2D eigenvalue weighted by molar-refractivity contribution is 0.152. The van der Waals surface area contributed by atoms with Crippen molar-refractivity contribution in [2.45, 2.75) is 58.2 Å². The minimum atomic E-state index is 0.268. The van der Waals surface area contributed by atoms with Crippen molar-refractivity contribution in [3.05, 3.63) is 28.5 Å². The molecule has 1 atom stereocenters. The minimum absolute atomic E-state index is 0.268. The van der Waals surface area contributed by atoms with Crippen LogP contribution in [0.2, 0.25) is 0 Å². The lowest BCUT2D eigenvalue weighted by atomic mass is 9.92. The van der Waals surface area contributed by atoms with Crippen LogP contribution in [-0.2, 0) is 6.54 Å². The van der Waals surface area contributed by atoms with Crippen molar-refractivity contribution in [3.8, 4) is 0 Å². The molecule has 4 heteroatoms. The second-order valence-electron chi connectivity index (χ2n) is 5.97. The first-order valence-electron chi connectivity index (χ1n) is 7.67. The van der Waals surface area contributed by atoms with Crippen molar-refractivity contribution in [1.29, 1.82) is 0 Å². The van der Waals surface area contributed by atoms with Gasteiger partial charge in [0.15, 0.2) is 0 Å². The summed E-state index contributed by atoms with van der Waals surface area (Å²) in [6.45, 7) is 10.2. The van der Waals surface area contributed by atoms with Crippen LogP contribution >= 0.6 is 15.9 Å². The van der Waals surface area contributed by atoms with E-state index in [2.05, 4.69) is 58.0 Å². The van der Waals surface area contributed by atoms with Crippen LogP contribution < -0.4 is 5.32 Å². The molecule has 1 aliphatic rings. The molecule has 2 heterocycles. The summed E-state index contributed by atoms with van der Waals surface area (Å²) in [7, 11) is 0. The number of pyridine rings is 1. The van der Waals surface area contributed by atoms with E-state index in [4.69, 9.17) is 0 Å². The van der Waals surface area contributed by atoms with Crippen molar-refractivity contribution in [2.24, 2.45) is 0 Å². The van der Waals surface area contributed by atoms with Crippen LogP contribution in [0.25, 0.3) is 0 Å². The molecule has 1 fully saturated rings. The second-order valence-corrected chi connectivity index (χ2v) is 6.88. The highest BCUT2D eigenvalue weighted by molar-refractivity contribution is 9.10. The van der Waals surface area contributed by atoms with Crippen molar-refractivity contribution in [2.75, 3.05) is 13.1 Å². The van der Waals surface area contributed by atoms with E-state index in [-0.39, 0.29) is 5.54 Å². The van der Waals surface area contributed by atoms with Crippen LogP contribution in [-0.4, -0.2) is 34.6 Å². The summed E-state index contributed by atoms with van der Waals surface area (Å²) in [4.78, 5) is 6.89. The summed E-state index contributed by atoms with van der Waals surface area (Å²) in [5.74, 6) is 0. The van der Waals surface area contributed by atoms with Gasteiger partial charge in [-0.25, -0.2) is 0 Å². The van der Waals surface area contributed by atoms with E-state index in [1.807, 2.05) is 12.4 Å². The summed E-state index contributed by atoms with van der Waals surface area (Å²) >= 11 is 3.51. The zero-order chi connectivity index (χ0) is 14.6. The third kappa shape index (κ3) is 3.80. The molecule has 1 N–H and O–H groups in total. The summed E-state index contributed by atoms with van der Waals surface area (Å²) in [5, 5.41) is 3.79. The van der Waals surface area contributed by atoms with Gasteiger partial charge in [-0.1, -0.05) is 13.8 Å². The van der Waals surface area contributed by atoms with Gasteiger partial charge in [0, 0.05) is 41.5 Å². The maximum atomic E-state index is 4.29. The molecule has 1 aromatic rings. The zero-order valence-corrected chi connectivity index (χ0v) is 14.4. The van der Waals surface area contributed by atoms with E-state index < -0.39 is 0 Å². The number of hydrogen-bond acceptors (Lipinski definition) is 3. The van der Waals surface area contributed by atoms with E-state index >= 15 is 0 Å². The van der Waals surface area contributed by atoms with E-state index in [0.29, 0.717) is 6.04 Å². The topological polar surface area (TPSA) is 28.2 Å². The van der Waals surface area contributed by atoms with Gasteiger partial charge in [0.05, 0.1) is 0 Å². The quantitative estimate of drug-likeness (QED) is 0.908. The Morgan fingerprint density at radius 1 is 1.40 bits per heavy atom. The first kappa shape index (κ1) is 15.9. The molecule has 2 rings (SSSR count). The van der Waals surface area contributed by atoms with Gasteiger partial charge in [-0.3, -0.25) is 9.88 Å². The Morgan fingerprint density at radius 3 is 2.80 bits per heavy atom. The molecule has 0 radical (unpaired) electrons. The van der Waals surface area contributed by atoms with Crippen LogP contribution in [0.3, 0.4) is 0 Å². The van der Waals surface area contributed by atoms with E-state index in [9.17, 15) is 0 Å². The van der Waals surface area contributed by atoms with Crippen molar-refractivity contribution in [3.63, 3.8) is 0 Å². The fraction of sp³-hybridized carbons (Fsp3) is 0.688. The predicted molar refractivity (Wildman–Crippen MR) is 87.7 cm³/mol. The number of rotatable bonds is 4. The van der Waals surface area contributed by atoms with Gasteiger partial charge in [-0.15, -0.1) is 0 Å². The molecule has 0 spiro atoms. The van der Waals surface area contributed by atoms with Crippen LogP contribution in [0, 0.1) is 0 Å². The molecular formula is C16H26BrN3. The Balaban J connectivity index is 2.14. The maximum Gasteiger partial charge on any atom is 0.0410 e. The van der Waals surface area contributed by atoms with Gasteiger partial charge in [0.1, 0.15) is 0 Å². The number of aromatic nitrogens is 1. The largest absolute Gasteiger partial charge is 0.310 e. The molecule has 0 bridgehead atoms. The molecule has 3 nitrogen and oxygen atoms in total. The van der Waals surface area contributed by atoms with Crippen molar-refractivity contribution in [1.82, 2.24) is 15.2 Å².